The molecule has 0 aromatic heterocycles. The second kappa shape index (κ2) is 12.4. The van der Waals surface area contributed by atoms with Crippen molar-refractivity contribution < 1.29 is 33.3 Å². The zero-order valence-electron chi connectivity index (χ0n) is 21.7. The number of anilines is 2. The molecule has 1 aliphatic rings. The predicted molar refractivity (Wildman–Crippen MR) is 139 cm³/mol. The third kappa shape index (κ3) is 8.11. The van der Waals surface area contributed by atoms with Crippen LogP contribution in [0, 0.1) is 0 Å². The van der Waals surface area contributed by atoms with E-state index in [4.69, 9.17) is 24.7 Å². The standard InChI is InChI=1S/C27H35N3O7/c1-27(2,3)37-26(33)30-14-12-20(13-15-30)35-16-17-36-25(32)29-23-21(6-5-7-22(23)28)24(31)18-8-10-19(34-4)11-9-18/h5-11,20H,12-17,28H2,1-4H3,(H,29,32). The van der Waals surface area contributed by atoms with Crippen LogP contribution in [0.4, 0.5) is 21.0 Å². The Kier molecular flexibility index (Phi) is 9.35. The summed E-state index contributed by atoms with van der Waals surface area (Å²) in [6, 6.07) is 11.5. The normalized spacial score (nSPS) is 14.1. The Morgan fingerprint density at radius 3 is 2.32 bits per heavy atom. The molecule has 37 heavy (non-hydrogen) atoms. The molecule has 0 spiro atoms. The zero-order chi connectivity index (χ0) is 27.0. The number of nitrogens with two attached hydrogens (primary N) is 1. The number of likely N-dealkylation sites (tertiary alicyclic amines) is 1. The highest BCUT2D eigenvalue weighted by Crippen LogP contribution is 2.27. The third-order valence-corrected chi connectivity index (χ3v) is 5.68. The number of ketones is 1. The molecule has 3 N–H and O–H groups in total. The maximum atomic E-state index is 13.0. The van der Waals surface area contributed by atoms with E-state index in [2.05, 4.69) is 5.32 Å². The minimum Gasteiger partial charge on any atom is -0.497 e. The molecule has 10 nitrogen and oxygen atoms in total. The molecule has 0 atom stereocenters. The molecule has 0 saturated carbocycles. The number of amides is 2. The van der Waals surface area contributed by atoms with Crippen LogP contribution < -0.4 is 15.8 Å². The summed E-state index contributed by atoms with van der Waals surface area (Å²) in [5, 5.41) is 2.58. The van der Waals surface area contributed by atoms with Gasteiger partial charge in [0.05, 0.1) is 31.2 Å². The van der Waals surface area contributed by atoms with Gasteiger partial charge >= 0.3 is 12.2 Å². The number of rotatable bonds is 8. The van der Waals surface area contributed by atoms with Crippen LogP contribution >= 0.6 is 0 Å². The van der Waals surface area contributed by atoms with Gasteiger partial charge in [0.1, 0.15) is 18.0 Å². The van der Waals surface area contributed by atoms with Crippen molar-refractivity contribution in [2.45, 2.75) is 45.3 Å². The lowest BCUT2D eigenvalue weighted by Gasteiger charge is -2.33. The van der Waals surface area contributed by atoms with Gasteiger partial charge in [-0.15, -0.1) is 0 Å². The second-order valence-corrected chi connectivity index (χ2v) is 9.63. The lowest BCUT2D eigenvalue weighted by Crippen LogP contribution is -2.43. The maximum Gasteiger partial charge on any atom is 0.411 e. The van der Waals surface area contributed by atoms with Crippen molar-refractivity contribution >= 4 is 29.3 Å². The highest BCUT2D eigenvalue weighted by atomic mass is 16.6. The molecule has 1 aliphatic heterocycles. The first-order valence-corrected chi connectivity index (χ1v) is 12.2. The van der Waals surface area contributed by atoms with Gasteiger partial charge in [-0.25, -0.2) is 9.59 Å². The van der Waals surface area contributed by atoms with E-state index in [0.29, 0.717) is 37.2 Å². The monoisotopic (exact) mass is 513 g/mol. The maximum absolute atomic E-state index is 13.0. The van der Waals surface area contributed by atoms with E-state index in [1.807, 2.05) is 20.8 Å². The molecule has 10 heteroatoms. The number of piperidine rings is 1. The molecular weight excluding hydrogens is 478 g/mol. The molecule has 2 aromatic carbocycles. The average molecular weight is 514 g/mol. The van der Waals surface area contributed by atoms with E-state index in [0.717, 1.165) is 0 Å². The smallest absolute Gasteiger partial charge is 0.411 e. The molecule has 3 rings (SSSR count). The van der Waals surface area contributed by atoms with E-state index >= 15 is 0 Å². The van der Waals surface area contributed by atoms with Crippen LogP contribution in [0.2, 0.25) is 0 Å². The fourth-order valence-corrected chi connectivity index (χ4v) is 3.82. The van der Waals surface area contributed by atoms with Gasteiger partial charge in [-0.3, -0.25) is 10.1 Å². The molecule has 200 valence electrons. The van der Waals surface area contributed by atoms with Gasteiger partial charge < -0.3 is 29.6 Å². The number of nitrogens with zero attached hydrogens (tertiary/aromatic N) is 1. The topological polar surface area (TPSA) is 129 Å². The van der Waals surface area contributed by atoms with Crippen LogP contribution in [-0.4, -0.2) is 68.0 Å². The first kappa shape index (κ1) is 27.8. The highest BCUT2D eigenvalue weighted by Gasteiger charge is 2.27. The van der Waals surface area contributed by atoms with Gasteiger partial charge in [-0.2, -0.15) is 0 Å². The Labute approximate surface area is 217 Å². The summed E-state index contributed by atoms with van der Waals surface area (Å²) < 4.78 is 21.6. The largest absolute Gasteiger partial charge is 0.497 e. The lowest BCUT2D eigenvalue weighted by molar-refractivity contribution is -0.0208. The zero-order valence-corrected chi connectivity index (χ0v) is 21.7. The molecular formula is C27H35N3O7. The highest BCUT2D eigenvalue weighted by molar-refractivity contribution is 6.15. The molecule has 0 bridgehead atoms. The Bertz CT molecular complexity index is 1090. The summed E-state index contributed by atoms with van der Waals surface area (Å²) in [5.41, 5.74) is 6.61. The fraction of sp³-hybridized carbons (Fsp3) is 0.444. The third-order valence-electron chi connectivity index (χ3n) is 5.68. The Morgan fingerprint density at radius 1 is 1.03 bits per heavy atom. The predicted octanol–water partition coefficient (Wildman–Crippen LogP) is 4.47. The van der Waals surface area contributed by atoms with Crippen LogP contribution in [0.3, 0.4) is 0 Å². The van der Waals surface area contributed by atoms with E-state index in [1.54, 1.807) is 54.5 Å². The van der Waals surface area contributed by atoms with Crippen LogP contribution in [0.25, 0.3) is 0 Å². The SMILES string of the molecule is COc1ccc(C(=O)c2cccc(N)c2NC(=O)OCCOC2CCN(C(=O)OC(C)(C)C)CC2)cc1. The van der Waals surface area contributed by atoms with Crippen LogP contribution in [0.5, 0.6) is 5.75 Å². The van der Waals surface area contributed by atoms with Crippen LogP contribution in [-0.2, 0) is 14.2 Å². The number of nitrogen functional groups attached to an aromatic ring is 1. The Balaban J connectivity index is 1.46. The number of methoxy groups -OCH3 is 1. The molecule has 0 radical (unpaired) electrons. The van der Waals surface area contributed by atoms with Gasteiger partial charge in [0.25, 0.3) is 0 Å². The van der Waals surface area contributed by atoms with Crippen molar-refractivity contribution in [2.75, 3.05) is 44.5 Å². The van der Waals surface area contributed by atoms with E-state index in [-0.39, 0.29) is 48.1 Å². The number of carbonyl (C=O) groups excluding carboxylic acids is 3. The minimum atomic E-state index is -0.745. The molecule has 1 fully saturated rings. The quantitative estimate of drug-likeness (QED) is 0.300. The molecule has 2 aromatic rings. The molecule has 1 saturated heterocycles. The number of nitrogens with one attached hydrogen (secondary N) is 1. The summed E-state index contributed by atoms with van der Waals surface area (Å²) in [6.07, 6.45) is 0.232. The Morgan fingerprint density at radius 2 is 1.70 bits per heavy atom. The van der Waals surface area contributed by atoms with Crippen LogP contribution in [0.1, 0.15) is 49.5 Å². The Hall–Kier alpha value is -3.79. The fourth-order valence-electron chi connectivity index (χ4n) is 3.82. The van der Waals surface area contributed by atoms with E-state index in [1.165, 1.54) is 0 Å². The summed E-state index contributed by atoms with van der Waals surface area (Å²) in [5.74, 6) is 0.327. The van der Waals surface area contributed by atoms with Gasteiger partial charge in [-0.05, 0) is 70.0 Å². The number of benzene rings is 2. The minimum absolute atomic E-state index is 0.0204. The number of carbonyl (C=O) groups is 3. The number of para-hydroxylation sites is 1. The van der Waals surface area contributed by atoms with Crippen molar-refractivity contribution in [1.29, 1.82) is 0 Å². The molecule has 0 unspecified atom stereocenters. The lowest BCUT2D eigenvalue weighted by atomic mass is 10.0. The number of hydrogen-bond acceptors (Lipinski definition) is 8. The van der Waals surface area contributed by atoms with Crippen molar-refractivity contribution in [3.63, 3.8) is 0 Å². The number of ether oxygens (including phenoxy) is 4. The van der Waals surface area contributed by atoms with E-state index < -0.39 is 11.7 Å². The van der Waals surface area contributed by atoms with Crippen molar-refractivity contribution in [2.24, 2.45) is 0 Å². The van der Waals surface area contributed by atoms with Crippen molar-refractivity contribution in [3.8, 4) is 5.75 Å². The van der Waals surface area contributed by atoms with Gasteiger partial charge in [0, 0.05) is 24.2 Å². The molecule has 2 amide bonds. The second-order valence-electron chi connectivity index (χ2n) is 9.63. The summed E-state index contributed by atoms with van der Waals surface area (Å²) >= 11 is 0. The van der Waals surface area contributed by atoms with E-state index in [9.17, 15) is 14.4 Å². The molecule has 1 heterocycles. The first-order chi connectivity index (χ1) is 17.6. The van der Waals surface area contributed by atoms with Crippen molar-refractivity contribution in [1.82, 2.24) is 4.90 Å². The summed E-state index contributed by atoms with van der Waals surface area (Å²) in [4.78, 5) is 39.3. The van der Waals surface area contributed by atoms with Crippen LogP contribution in [0.15, 0.2) is 42.5 Å². The molecule has 0 aliphatic carbocycles. The summed E-state index contributed by atoms with van der Waals surface area (Å²) in [7, 11) is 1.54. The van der Waals surface area contributed by atoms with Gasteiger partial charge in [-0.1, -0.05) is 6.07 Å². The number of hydrogen-bond donors (Lipinski definition) is 2. The summed E-state index contributed by atoms with van der Waals surface area (Å²) in [6.45, 7) is 6.81. The first-order valence-electron chi connectivity index (χ1n) is 12.2. The van der Waals surface area contributed by atoms with Gasteiger partial charge in [0.2, 0.25) is 0 Å². The van der Waals surface area contributed by atoms with Crippen molar-refractivity contribution in [3.05, 3.63) is 53.6 Å². The van der Waals surface area contributed by atoms with Gasteiger partial charge in [0.15, 0.2) is 5.78 Å². The average Bonchev–Trinajstić information content (AvgIpc) is 2.87.